The third-order valence-electron chi connectivity index (χ3n) is 10.9. The van der Waals surface area contributed by atoms with Crippen molar-refractivity contribution in [3.05, 3.63) is 71.8 Å². The van der Waals surface area contributed by atoms with E-state index >= 15 is 0 Å². The monoisotopic (exact) mass is 928 g/mol. The molecule has 3 N–H and O–H groups in total. The number of ether oxygens (including phenoxy) is 1. The molecule has 5 atom stereocenters. The Balaban J connectivity index is 0.00000654. The van der Waals surface area contributed by atoms with Crippen LogP contribution in [0.4, 0.5) is 0 Å². The van der Waals surface area contributed by atoms with Crippen LogP contribution in [0.2, 0.25) is 0 Å². The molecular formula is C51H81N3O10S. The Kier molecular flexibility index (Phi) is 28.1. The Morgan fingerprint density at radius 3 is 1.77 bits per heavy atom. The number of ketones is 3. The fourth-order valence-electron chi connectivity index (χ4n) is 7.32. The molecular weight excluding hydrogens is 847 g/mol. The van der Waals surface area contributed by atoms with Crippen LogP contribution in [0, 0.1) is 36.0 Å². The molecule has 1 saturated heterocycles. The summed E-state index contributed by atoms with van der Waals surface area (Å²) in [6.07, 6.45) is 6.66. The average molecular weight is 928 g/mol. The SMILES string of the molecule is C.C#CC.CC.CC(C)C[C@H](NC(=O)[C@H](CCc1ccccc1)CC(=O)CN1CCOCC1)C(=O)C[C@@H](Cc1ccccc1)C(=O)N[C@@H](CC(C)C)C(=O)[C@](C)(O)C(C)(C)OS(C)(=O)=O. The molecule has 0 bridgehead atoms. The zero-order valence-electron chi connectivity index (χ0n) is 40.3. The molecule has 1 fully saturated rings. The summed E-state index contributed by atoms with van der Waals surface area (Å²) in [6.45, 7) is 19.5. The number of aliphatic hydroxyl groups is 1. The van der Waals surface area contributed by atoms with Gasteiger partial charge in [0.2, 0.25) is 11.8 Å². The third kappa shape index (κ3) is 22.7. The van der Waals surface area contributed by atoms with Crippen molar-refractivity contribution < 1.29 is 46.4 Å². The van der Waals surface area contributed by atoms with Crippen molar-refractivity contribution in [3.63, 3.8) is 0 Å². The zero-order chi connectivity index (χ0) is 48.7. The highest BCUT2D eigenvalue weighted by Crippen LogP contribution is 2.31. The van der Waals surface area contributed by atoms with Crippen molar-refractivity contribution in [3.8, 4) is 12.3 Å². The van der Waals surface area contributed by atoms with E-state index < -0.39 is 62.8 Å². The summed E-state index contributed by atoms with van der Waals surface area (Å²) in [5.74, 6) is -1.85. The predicted octanol–water partition coefficient (Wildman–Crippen LogP) is 6.78. The van der Waals surface area contributed by atoms with Crippen LogP contribution in [0.3, 0.4) is 0 Å². The maximum Gasteiger partial charge on any atom is 0.265 e. The molecule has 0 saturated carbocycles. The molecule has 1 aliphatic heterocycles. The molecule has 2 aromatic rings. The van der Waals surface area contributed by atoms with E-state index in [9.17, 15) is 37.5 Å². The Hall–Kier alpha value is -4.26. The van der Waals surface area contributed by atoms with Crippen molar-refractivity contribution >= 4 is 39.3 Å². The number of nitrogens with one attached hydrogen (secondary N) is 2. The lowest BCUT2D eigenvalue weighted by molar-refractivity contribution is -0.159. The molecule has 1 aliphatic rings. The zero-order valence-corrected chi connectivity index (χ0v) is 41.1. The quantitative estimate of drug-likeness (QED) is 0.0704. The van der Waals surface area contributed by atoms with Gasteiger partial charge in [0.25, 0.3) is 10.1 Å². The standard InChI is InChI=1S/C45H67N3O10S.C3H4.C2H6.CH4/c1-31(2)25-38(46-42(52)35(20-19-33-15-11-9-12-16-33)28-37(49)30-48-21-23-57-24-22-48)40(50)29-36(27-34-17-13-10-14-18-34)43(53)47-39(26-32(3)4)41(51)45(7,54)44(5,6)58-59(8,55)56;1-3-2;1-2;/h9-18,31-32,35-36,38-39,54H,19-30H2,1-8H3,(H,46,52)(H,47,53);1H,2H3;1-2H3;1H4/t35-,36-,38+,39+,45+;;;/m1.../s1. The summed E-state index contributed by atoms with van der Waals surface area (Å²) in [6, 6.07) is 16.6. The molecule has 3 rings (SSSR count). The van der Waals surface area contributed by atoms with Gasteiger partial charge in [0, 0.05) is 37.8 Å². The number of benzene rings is 2. The van der Waals surface area contributed by atoms with E-state index in [0.717, 1.165) is 24.3 Å². The summed E-state index contributed by atoms with van der Waals surface area (Å²) in [5, 5.41) is 17.3. The van der Waals surface area contributed by atoms with E-state index in [4.69, 9.17) is 8.92 Å². The number of amides is 2. The Bertz CT molecular complexity index is 1890. The molecule has 13 nitrogen and oxygen atoms in total. The first kappa shape index (κ1) is 60.7. The van der Waals surface area contributed by atoms with Gasteiger partial charge in [0.15, 0.2) is 17.2 Å². The number of carbonyl (C=O) groups is 5. The molecule has 0 spiro atoms. The summed E-state index contributed by atoms with van der Waals surface area (Å²) in [5.41, 5.74) is -2.43. The van der Waals surface area contributed by atoms with Crippen LogP contribution < -0.4 is 10.6 Å². The van der Waals surface area contributed by atoms with Crippen LogP contribution >= 0.6 is 0 Å². The van der Waals surface area contributed by atoms with Crippen LogP contribution in [0.5, 0.6) is 0 Å². The number of carbonyl (C=O) groups excluding carboxylic acids is 5. The summed E-state index contributed by atoms with van der Waals surface area (Å²) in [7, 11) is -4.08. The fraction of sp³-hybridized carbons (Fsp3) is 0.627. The third-order valence-corrected chi connectivity index (χ3v) is 11.6. The van der Waals surface area contributed by atoms with E-state index in [1.165, 1.54) is 13.8 Å². The van der Waals surface area contributed by atoms with Gasteiger partial charge in [-0.15, -0.1) is 12.3 Å². The lowest BCUT2D eigenvalue weighted by Gasteiger charge is -2.39. The molecule has 65 heavy (non-hydrogen) atoms. The molecule has 0 radical (unpaired) electrons. The highest BCUT2D eigenvalue weighted by molar-refractivity contribution is 7.86. The minimum atomic E-state index is -4.08. The van der Waals surface area contributed by atoms with Gasteiger partial charge >= 0.3 is 0 Å². The van der Waals surface area contributed by atoms with Gasteiger partial charge in [-0.3, -0.25) is 33.1 Å². The smallest absolute Gasteiger partial charge is 0.265 e. The van der Waals surface area contributed by atoms with Gasteiger partial charge < -0.3 is 20.5 Å². The number of morpholine rings is 1. The molecule has 1 heterocycles. The largest absolute Gasteiger partial charge is 0.379 e. The molecule has 366 valence electrons. The first-order valence-electron chi connectivity index (χ1n) is 22.6. The van der Waals surface area contributed by atoms with Crippen molar-refractivity contribution in [2.45, 2.75) is 145 Å². The minimum absolute atomic E-state index is 0. The Labute approximate surface area is 391 Å². The molecule has 0 unspecified atom stereocenters. The maximum absolute atomic E-state index is 14.4. The summed E-state index contributed by atoms with van der Waals surface area (Å²) < 4.78 is 34.7. The number of hydrogen-bond acceptors (Lipinski definition) is 11. The average Bonchev–Trinajstić information content (AvgIpc) is 3.22. The fourth-order valence-corrected chi connectivity index (χ4v) is 8.24. The van der Waals surface area contributed by atoms with Crippen molar-refractivity contribution in [2.75, 3.05) is 39.1 Å². The van der Waals surface area contributed by atoms with Crippen LogP contribution in [0.1, 0.15) is 120 Å². The topological polar surface area (TPSA) is 185 Å². The van der Waals surface area contributed by atoms with Crippen LogP contribution in [0.25, 0.3) is 0 Å². The van der Waals surface area contributed by atoms with E-state index in [2.05, 4.69) is 23.0 Å². The molecule has 2 amide bonds. The lowest BCUT2D eigenvalue weighted by Crippen LogP contribution is -2.62. The van der Waals surface area contributed by atoms with Crippen molar-refractivity contribution in [2.24, 2.45) is 23.7 Å². The van der Waals surface area contributed by atoms with E-state index in [1.54, 1.807) is 6.92 Å². The molecule has 0 aliphatic carbocycles. The predicted molar refractivity (Wildman–Crippen MR) is 259 cm³/mol. The normalized spacial score (nSPS) is 15.7. The highest BCUT2D eigenvalue weighted by atomic mass is 32.2. The second kappa shape index (κ2) is 30.1. The van der Waals surface area contributed by atoms with Gasteiger partial charge in [-0.1, -0.05) is 110 Å². The summed E-state index contributed by atoms with van der Waals surface area (Å²) in [4.78, 5) is 72.2. The Morgan fingerprint density at radius 1 is 0.815 bits per heavy atom. The van der Waals surface area contributed by atoms with E-state index in [0.29, 0.717) is 45.6 Å². The van der Waals surface area contributed by atoms with Gasteiger partial charge in [0.1, 0.15) is 11.4 Å². The first-order valence-corrected chi connectivity index (χ1v) is 24.4. The van der Waals surface area contributed by atoms with Crippen LogP contribution in [0.15, 0.2) is 60.7 Å². The van der Waals surface area contributed by atoms with E-state index in [1.807, 2.05) is 107 Å². The van der Waals surface area contributed by atoms with Gasteiger partial charge in [-0.05, 0) is 82.8 Å². The number of aryl methyl sites for hydroxylation is 1. The van der Waals surface area contributed by atoms with Crippen molar-refractivity contribution in [1.82, 2.24) is 15.5 Å². The molecule has 0 aromatic heterocycles. The van der Waals surface area contributed by atoms with Crippen LogP contribution in [-0.2, 0) is 55.9 Å². The second-order valence-corrected chi connectivity index (χ2v) is 19.4. The first-order chi connectivity index (χ1) is 30.0. The highest BCUT2D eigenvalue weighted by Gasteiger charge is 2.51. The number of hydrogen-bond donors (Lipinski definition) is 3. The number of terminal acetylenes is 1. The van der Waals surface area contributed by atoms with Gasteiger partial charge in [0.05, 0.1) is 38.1 Å². The van der Waals surface area contributed by atoms with Gasteiger partial charge in [-0.25, -0.2) is 0 Å². The molecule has 2 aromatic carbocycles. The second-order valence-electron chi connectivity index (χ2n) is 17.8. The molecule has 14 heteroatoms. The lowest BCUT2D eigenvalue weighted by atomic mass is 9.79. The van der Waals surface area contributed by atoms with Crippen molar-refractivity contribution in [1.29, 1.82) is 0 Å². The number of Topliss-reactive ketones (excluding diaryl/α,β-unsaturated/α-hetero) is 3. The Morgan fingerprint density at radius 2 is 1.28 bits per heavy atom. The van der Waals surface area contributed by atoms with Crippen LogP contribution in [-0.4, -0.2) is 110 Å². The summed E-state index contributed by atoms with van der Waals surface area (Å²) >= 11 is 0. The van der Waals surface area contributed by atoms with Gasteiger partial charge in [-0.2, -0.15) is 8.42 Å². The number of rotatable bonds is 25. The van der Waals surface area contributed by atoms with E-state index in [-0.39, 0.29) is 63.1 Å². The minimum Gasteiger partial charge on any atom is -0.379 e. The maximum atomic E-state index is 14.4. The number of nitrogens with zero attached hydrogens (tertiary/aromatic N) is 1.